The van der Waals surface area contributed by atoms with Crippen molar-refractivity contribution in [2.45, 2.75) is 81.1 Å². The number of aromatic nitrogens is 1. The number of nitrogens with zero attached hydrogens (tertiary/aromatic N) is 1. The first-order chi connectivity index (χ1) is 19.2. The van der Waals surface area contributed by atoms with Gasteiger partial charge in [-0.05, 0) is 101 Å². The van der Waals surface area contributed by atoms with Gasteiger partial charge < -0.3 is 4.42 Å². The fourth-order valence-electron chi connectivity index (χ4n) is 6.52. The number of thiophene rings is 1. The molecule has 3 aromatic heterocycles. The van der Waals surface area contributed by atoms with Crippen LogP contribution in [0.2, 0.25) is 0 Å². The van der Waals surface area contributed by atoms with Gasteiger partial charge in [0.05, 0.1) is 10.4 Å². The Morgan fingerprint density at radius 2 is 1.51 bits per heavy atom. The summed E-state index contributed by atoms with van der Waals surface area (Å²) in [6.07, 6.45) is 1.07. The fraction of sp³-hybridized carbons (Fsp3) is 0.342. The van der Waals surface area contributed by atoms with Crippen molar-refractivity contribution in [1.82, 2.24) is 4.98 Å². The molecule has 0 aliphatic rings. The third-order valence-corrected chi connectivity index (χ3v) is 9.47. The Labute approximate surface area is 248 Å². The zero-order valence-electron chi connectivity index (χ0n) is 26.2. The monoisotopic (exact) mass is 559 g/mol. The predicted molar refractivity (Wildman–Crippen MR) is 179 cm³/mol. The molecule has 6 aromatic rings. The van der Waals surface area contributed by atoms with Crippen molar-refractivity contribution >= 4 is 43.3 Å². The topological polar surface area (TPSA) is 26.0 Å². The smallest absolute Gasteiger partial charge is 0.161 e. The number of pyridine rings is 1. The molecule has 0 saturated heterocycles. The second-order valence-electron chi connectivity index (χ2n) is 14.1. The highest BCUT2D eigenvalue weighted by Crippen LogP contribution is 2.48. The van der Waals surface area contributed by atoms with Crippen LogP contribution in [0.25, 0.3) is 53.7 Å². The van der Waals surface area contributed by atoms with Crippen LogP contribution >= 0.6 is 11.3 Å². The van der Waals surface area contributed by atoms with Gasteiger partial charge >= 0.3 is 0 Å². The van der Waals surface area contributed by atoms with Gasteiger partial charge in [0.2, 0.25) is 0 Å². The van der Waals surface area contributed by atoms with Crippen LogP contribution < -0.4 is 0 Å². The SMILES string of the molecule is Cc1cc2nc(-c3cc(C(C)(C)C)c4ccccc4c3)c3sc(-c4c(C)cc(CC(C)(C)C)cc4C)c(C)c3c2o1. The first-order valence-corrected chi connectivity index (χ1v) is 15.5. The molecule has 2 nitrogen and oxygen atoms in total. The Morgan fingerprint density at radius 3 is 2.17 bits per heavy atom. The maximum absolute atomic E-state index is 6.33. The van der Waals surface area contributed by atoms with Gasteiger partial charge in [-0.2, -0.15) is 0 Å². The van der Waals surface area contributed by atoms with Crippen LogP contribution in [-0.2, 0) is 11.8 Å². The van der Waals surface area contributed by atoms with Gasteiger partial charge in [-0.1, -0.05) is 77.9 Å². The fourth-order valence-corrected chi connectivity index (χ4v) is 8.01. The van der Waals surface area contributed by atoms with E-state index >= 15 is 0 Å². The maximum Gasteiger partial charge on any atom is 0.161 e. The molecule has 210 valence electrons. The Hall–Kier alpha value is -3.43. The summed E-state index contributed by atoms with van der Waals surface area (Å²) in [4.78, 5) is 6.61. The molecule has 0 saturated carbocycles. The van der Waals surface area contributed by atoms with E-state index in [2.05, 4.69) is 117 Å². The van der Waals surface area contributed by atoms with Gasteiger partial charge in [0, 0.05) is 21.9 Å². The minimum absolute atomic E-state index is 0.00457. The van der Waals surface area contributed by atoms with Crippen molar-refractivity contribution < 1.29 is 4.42 Å². The highest BCUT2D eigenvalue weighted by atomic mass is 32.1. The van der Waals surface area contributed by atoms with Gasteiger partial charge in [-0.3, -0.25) is 0 Å². The summed E-state index contributed by atoms with van der Waals surface area (Å²) in [5.74, 6) is 0.894. The van der Waals surface area contributed by atoms with E-state index in [1.54, 1.807) is 0 Å². The van der Waals surface area contributed by atoms with Crippen molar-refractivity contribution in [2.24, 2.45) is 5.41 Å². The number of fused-ring (bicyclic) bond motifs is 4. The standard InChI is InChI=1S/C38H41NOS/c1-21-15-25(20-37(5,6)7)16-22(2)31(21)35-24(4)32-34-30(17-23(3)40-34)39-33(36(32)41-35)27-18-26-13-11-12-14-28(26)29(19-27)38(8,9)10/h11-19H,20H2,1-10H3. The summed E-state index contributed by atoms with van der Waals surface area (Å²) in [6, 6.07) is 20.3. The molecule has 0 aliphatic carbocycles. The van der Waals surface area contributed by atoms with E-state index in [4.69, 9.17) is 9.40 Å². The number of benzene rings is 3. The molecular weight excluding hydrogens is 518 g/mol. The lowest BCUT2D eigenvalue weighted by molar-refractivity contribution is 0.411. The summed E-state index contributed by atoms with van der Waals surface area (Å²) in [5.41, 5.74) is 12.3. The number of aryl methyl sites for hydroxylation is 4. The summed E-state index contributed by atoms with van der Waals surface area (Å²) < 4.78 is 7.53. The van der Waals surface area contributed by atoms with Crippen LogP contribution in [0.5, 0.6) is 0 Å². The van der Waals surface area contributed by atoms with Crippen molar-refractivity contribution in [3.05, 3.63) is 88.2 Å². The molecule has 0 amide bonds. The lowest BCUT2D eigenvalue weighted by Gasteiger charge is -2.23. The number of hydrogen-bond donors (Lipinski definition) is 0. The van der Waals surface area contributed by atoms with Gasteiger partial charge in [0.15, 0.2) is 5.58 Å². The largest absolute Gasteiger partial charge is 0.459 e. The quantitative estimate of drug-likeness (QED) is 0.215. The summed E-state index contributed by atoms with van der Waals surface area (Å²) >= 11 is 1.87. The molecule has 0 fully saturated rings. The molecule has 0 unspecified atom stereocenters. The molecule has 0 spiro atoms. The van der Waals surface area contributed by atoms with Crippen molar-refractivity contribution in [3.63, 3.8) is 0 Å². The average molecular weight is 560 g/mol. The lowest BCUT2D eigenvalue weighted by atomic mass is 9.82. The second-order valence-corrected chi connectivity index (χ2v) is 15.1. The summed E-state index contributed by atoms with van der Waals surface area (Å²) in [6.45, 7) is 22.6. The molecule has 6 rings (SSSR count). The first kappa shape index (κ1) is 27.7. The van der Waals surface area contributed by atoms with E-state index in [1.807, 2.05) is 18.3 Å². The van der Waals surface area contributed by atoms with E-state index in [0.717, 1.165) is 29.0 Å². The van der Waals surface area contributed by atoms with Crippen LogP contribution in [0.15, 0.2) is 59.0 Å². The highest BCUT2D eigenvalue weighted by molar-refractivity contribution is 7.23. The Kier molecular flexibility index (Phi) is 6.46. The zero-order chi connectivity index (χ0) is 29.4. The molecular formula is C38H41NOS. The average Bonchev–Trinajstić information content (AvgIpc) is 3.39. The van der Waals surface area contributed by atoms with Crippen LogP contribution in [0.4, 0.5) is 0 Å². The molecule has 0 radical (unpaired) electrons. The van der Waals surface area contributed by atoms with Crippen LogP contribution in [0.3, 0.4) is 0 Å². The van der Waals surface area contributed by atoms with Crippen molar-refractivity contribution in [2.75, 3.05) is 0 Å². The molecule has 0 aliphatic heterocycles. The van der Waals surface area contributed by atoms with E-state index in [1.165, 1.54) is 64.7 Å². The maximum atomic E-state index is 6.33. The summed E-state index contributed by atoms with van der Waals surface area (Å²) in [5, 5.41) is 3.76. The predicted octanol–water partition coefficient (Wildman–Crippen LogP) is 11.6. The van der Waals surface area contributed by atoms with Gasteiger partial charge in [0.1, 0.15) is 11.3 Å². The molecule has 3 heterocycles. The Bertz CT molecular complexity index is 1950. The Balaban J connectivity index is 1.66. The summed E-state index contributed by atoms with van der Waals surface area (Å²) in [7, 11) is 0. The lowest BCUT2D eigenvalue weighted by Crippen LogP contribution is -2.12. The third kappa shape index (κ3) is 4.89. The Morgan fingerprint density at radius 1 is 0.829 bits per heavy atom. The minimum Gasteiger partial charge on any atom is -0.459 e. The first-order valence-electron chi connectivity index (χ1n) is 14.7. The second kappa shape index (κ2) is 9.56. The van der Waals surface area contributed by atoms with Crippen LogP contribution in [0.1, 0.15) is 75.1 Å². The van der Waals surface area contributed by atoms with Crippen molar-refractivity contribution in [1.29, 1.82) is 0 Å². The number of rotatable bonds is 3. The van der Waals surface area contributed by atoms with E-state index in [0.29, 0.717) is 0 Å². The van der Waals surface area contributed by atoms with Crippen LogP contribution in [-0.4, -0.2) is 4.98 Å². The van der Waals surface area contributed by atoms with Crippen molar-refractivity contribution in [3.8, 4) is 21.7 Å². The van der Waals surface area contributed by atoms with Gasteiger partial charge in [-0.25, -0.2) is 4.98 Å². The number of furan rings is 1. The molecule has 0 N–H and O–H groups in total. The van der Waals surface area contributed by atoms with E-state index in [-0.39, 0.29) is 10.8 Å². The van der Waals surface area contributed by atoms with Gasteiger partial charge in [-0.15, -0.1) is 11.3 Å². The molecule has 3 aromatic carbocycles. The normalized spacial score (nSPS) is 12.7. The van der Waals surface area contributed by atoms with E-state index < -0.39 is 0 Å². The molecule has 0 bridgehead atoms. The molecule has 0 atom stereocenters. The van der Waals surface area contributed by atoms with Crippen LogP contribution in [0, 0.1) is 33.1 Å². The third-order valence-electron chi connectivity index (χ3n) is 8.15. The zero-order valence-corrected chi connectivity index (χ0v) is 27.0. The minimum atomic E-state index is 0.00457. The van der Waals surface area contributed by atoms with Gasteiger partial charge in [0.25, 0.3) is 0 Å². The molecule has 41 heavy (non-hydrogen) atoms. The highest BCUT2D eigenvalue weighted by Gasteiger charge is 2.25. The number of hydrogen-bond acceptors (Lipinski definition) is 3. The molecule has 3 heteroatoms. The van der Waals surface area contributed by atoms with E-state index in [9.17, 15) is 0 Å².